The number of nitrogens with zero attached hydrogens (tertiary/aromatic N) is 1. The van der Waals surface area contributed by atoms with Crippen LogP contribution < -0.4 is 5.32 Å². The highest BCUT2D eigenvalue weighted by Crippen LogP contribution is 2.66. The number of amides is 1. The van der Waals surface area contributed by atoms with Gasteiger partial charge in [0.05, 0.1) is 12.7 Å². The van der Waals surface area contributed by atoms with Crippen molar-refractivity contribution in [2.45, 2.75) is 77.4 Å². The molecule has 7 atom stereocenters. The van der Waals surface area contributed by atoms with E-state index in [1.54, 1.807) is 0 Å². The van der Waals surface area contributed by atoms with E-state index in [0.717, 1.165) is 55.0 Å². The lowest BCUT2D eigenvalue weighted by Gasteiger charge is -2.58. The number of rotatable bonds is 7. The number of fused-ring (bicyclic) bond motifs is 6. The lowest BCUT2D eigenvalue weighted by molar-refractivity contribution is -0.145. The van der Waals surface area contributed by atoms with E-state index in [1.807, 2.05) is 43.5 Å². The SMILES string of the molecule is COC(=O)[C@H](Cc1c[nH]c2ccccc12)NC(=O)CO/N=C1\C=C[C@]2(C)C(=C1)CC[C@H]1[C@H]3CC[C@](C)(O)[C@@]3(C)CC[C@@H]12. The Labute approximate surface area is 247 Å². The Kier molecular flexibility index (Phi) is 7.32. The number of aromatic nitrogens is 1. The molecule has 3 fully saturated rings. The number of aliphatic hydroxyl groups is 1. The first-order valence-electron chi connectivity index (χ1n) is 15.3. The topological polar surface area (TPSA) is 113 Å². The number of ether oxygens (including phenoxy) is 1. The zero-order valence-corrected chi connectivity index (χ0v) is 25.1. The smallest absolute Gasteiger partial charge is 0.328 e. The molecule has 4 aliphatic carbocycles. The van der Waals surface area contributed by atoms with Crippen LogP contribution >= 0.6 is 0 Å². The van der Waals surface area contributed by atoms with Crippen LogP contribution in [0.5, 0.6) is 0 Å². The van der Waals surface area contributed by atoms with Crippen molar-refractivity contribution < 1.29 is 24.3 Å². The van der Waals surface area contributed by atoms with E-state index in [1.165, 1.54) is 12.7 Å². The minimum Gasteiger partial charge on any atom is -0.467 e. The third-order valence-electron chi connectivity index (χ3n) is 11.4. The summed E-state index contributed by atoms with van der Waals surface area (Å²) >= 11 is 0. The van der Waals surface area contributed by atoms with Gasteiger partial charge in [0.15, 0.2) is 6.61 Å². The molecule has 1 aromatic heterocycles. The third-order valence-corrected chi connectivity index (χ3v) is 11.4. The number of benzene rings is 1. The van der Waals surface area contributed by atoms with E-state index < -0.39 is 23.5 Å². The summed E-state index contributed by atoms with van der Waals surface area (Å²) in [5, 5.41) is 19.2. The molecular weight excluding hydrogens is 530 g/mol. The molecule has 1 heterocycles. The number of carbonyl (C=O) groups is 2. The Hall–Kier alpha value is -3.39. The molecule has 3 saturated carbocycles. The first-order chi connectivity index (χ1) is 20.1. The van der Waals surface area contributed by atoms with E-state index in [9.17, 15) is 14.7 Å². The molecule has 0 aliphatic heterocycles. The average Bonchev–Trinajstić information content (AvgIpc) is 3.49. The van der Waals surface area contributed by atoms with Crippen LogP contribution in [0.2, 0.25) is 0 Å². The number of H-pyrrole nitrogens is 1. The van der Waals surface area contributed by atoms with Crippen LogP contribution in [0.3, 0.4) is 0 Å². The van der Waals surface area contributed by atoms with Crippen LogP contribution in [0.25, 0.3) is 10.9 Å². The lowest BCUT2D eigenvalue weighted by atomic mass is 9.47. The minimum atomic E-state index is -0.841. The zero-order valence-electron chi connectivity index (χ0n) is 25.1. The van der Waals surface area contributed by atoms with Gasteiger partial charge in [0.1, 0.15) is 11.8 Å². The van der Waals surface area contributed by atoms with Gasteiger partial charge in [-0.3, -0.25) is 4.79 Å². The van der Waals surface area contributed by atoms with Gasteiger partial charge in [-0.25, -0.2) is 4.79 Å². The predicted octanol–water partition coefficient (Wildman–Crippen LogP) is 5.23. The minimum absolute atomic E-state index is 0.00739. The van der Waals surface area contributed by atoms with E-state index in [4.69, 9.17) is 9.57 Å². The number of allylic oxidation sites excluding steroid dienone is 4. The molecular formula is C34H43N3O5. The van der Waals surface area contributed by atoms with Crippen molar-refractivity contribution in [1.29, 1.82) is 0 Å². The number of carbonyl (C=O) groups excluding carboxylic acids is 2. The summed E-state index contributed by atoms with van der Waals surface area (Å²) in [6, 6.07) is 6.98. The monoisotopic (exact) mass is 573 g/mol. The maximum atomic E-state index is 12.7. The maximum absolute atomic E-state index is 12.7. The fourth-order valence-electron chi connectivity index (χ4n) is 8.77. The molecule has 0 radical (unpaired) electrons. The van der Waals surface area contributed by atoms with Crippen molar-refractivity contribution in [2.75, 3.05) is 13.7 Å². The van der Waals surface area contributed by atoms with Crippen molar-refractivity contribution in [3.05, 3.63) is 59.8 Å². The van der Waals surface area contributed by atoms with Gasteiger partial charge in [-0.05, 0) is 92.4 Å². The summed E-state index contributed by atoms with van der Waals surface area (Å²) in [4.78, 5) is 33.9. The summed E-state index contributed by atoms with van der Waals surface area (Å²) in [5.41, 5.74) is 3.37. The zero-order chi connectivity index (χ0) is 29.7. The molecule has 8 nitrogen and oxygen atoms in total. The molecule has 224 valence electrons. The number of aromatic amines is 1. The quantitative estimate of drug-likeness (QED) is 0.310. The predicted molar refractivity (Wildman–Crippen MR) is 162 cm³/mol. The molecule has 3 N–H and O–H groups in total. The second-order valence-corrected chi connectivity index (χ2v) is 13.5. The summed E-state index contributed by atoms with van der Waals surface area (Å²) in [6.45, 7) is 6.42. The second-order valence-electron chi connectivity index (χ2n) is 13.5. The molecule has 0 saturated heterocycles. The molecule has 42 heavy (non-hydrogen) atoms. The highest BCUT2D eigenvalue weighted by molar-refractivity contribution is 6.05. The number of hydrogen-bond acceptors (Lipinski definition) is 6. The lowest BCUT2D eigenvalue weighted by Crippen LogP contribution is -2.53. The fourth-order valence-corrected chi connectivity index (χ4v) is 8.77. The van der Waals surface area contributed by atoms with Gasteiger partial charge in [0.25, 0.3) is 5.91 Å². The Morgan fingerprint density at radius 3 is 2.74 bits per heavy atom. The summed E-state index contributed by atoms with van der Waals surface area (Å²) in [5.74, 6) is 0.792. The molecule has 4 aliphatic rings. The van der Waals surface area contributed by atoms with Crippen LogP contribution in [0, 0.1) is 28.6 Å². The first kappa shape index (κ1) is 28.7. The Balaban J connectivity index is 1.08. The number of oxime groups is 1. The highest BCUT2D eigenvalue weighted by atomic mass is 16.6. The summed E-state index contributed by atoms with van der Waals surface area (Å²) < 4.78 is 4.95. The molecule has 2 aromatic rings. The third kappa shape index (κ3) is 4.77. The largest absolute Gasteiger partial charge is 0.467 e. The van der Waals surface area contributed by atoms with Crippen molar-refractivity contribution in [1.82, 2.24) is 10.3 Å². The van der Waals surface area contributed by atoms with Gasteiger partial charge in [0.2, 0.25) is 0 Å². The van der Waals surface area contributed by atoms with Crippen molar-refractivity contribution in [3.8, 4) is 0 Å². The van der Waals surface area contributed by atoms with Crippen LogP contribution in [0.1, 0.15) is 64.9 Å². The highest BCUT2D eigenvalue weighted by Gasteiger charge is 2.62. The van der Waals surface area contributed by atoms with Gasteiger partial charge in [0, 0.05) is 28.9 Å². The molecule has 1 amide bonds. The van der Waals surface area contributed by atoms with Gasteiger partial charge in [-0.2, -0.15) is 0 Å². The fraction of sp³-hybridized carbons (Fsp3) is 0.559. The summed E-state index contributed by atoms with van der Waals surface area (Å²) in [7, 11) is 1.31. The van der Waals surface area contributed by atoms with Gasteiger partial charge in [-0.15, -0.1) is 0 Å². The van der Waals surface area contributed by atoms with Gasteiger partial charge >= 0.3 is 5.97 Å². The first-order valence-corrected chi connectivity index (χ1v) is 15.3. The van der Waals surface area contributed by atoms with Crippen LogP contribution in [0.4, 0.5) is 0 Å². The Morgan fingerprint density at radius 2 is 1.93 bits per heavy atom. The summed E-state index contributed by atoms with van der Waals surface area (Å²) in [6.07, 6.45) is 14.9. The Morgan fingerprint density at radius 1 is 1.14 bits per heavy atom. The molecule has 8 heteroatoms. The number of nitrogens with one attached hydrogen (secondary N) is 2. The molecule has 0 bridgehead atoms. The van der Waals surface area contributed by atoms with E-state index >= 15 is 0 Å². The van der Waals surface area contributed by atoms with Gasteiger partial charge < -0.3 is 25.0 Å². The molecule has 6 rings (SSSR count). The number of esters is 1. The number of hydrogen-bond donors (Lipinski definition) is 3. The molecule has 1 aromatic carbocycles. The average molecular weight is 574 g/mol. The van der Waals surface area contributed by atoms with Crippen LogP contribution in [-0.2, 0) is 25.6 Å². The van der Waals surface area contributed by atoms with Crippen molar-refractivity contribution in [2.24, 2.45) is 33.7 Å². The van der Waals surface area contributed by atoms with Crippen LogP contribution in [0.15, 0.2) is 59.4 Å². The van der Waals surface area contributed by atoms with Crippen molar-refractivity contribution >= 4 is 28.5 Å². The van der Waals surface area contributed by atoms with Gasteiger partial charge in [-0.1, -0.05) is 48.9 Å². The van der Waals surface area contributed by atoms with E-state index in [0.29, 0.717) is 29.9 Å². The van der Waals surface area contributed by atoms with E-state index in [2.05, 4.69) is 41.5 Å². The van der Waals surface area contributed by atoms with Crippen LogP contribution in [-0.4, -0.2) is 53.0 Å². The van der Waals surface area contributed by atoms with Crippen molar-refractivity contribution in [3.63, 3.8) is 0 Å². The normalized spacial score (nSPS) is 35.1. The standard InChI is InChI=1S/C34H43N3O5/c1-32-14-11-23(18-22(32)9-10-25-26(32)12-15-33(2)27(25)13-16-34(33,3)40)37-42-20-30(38)36-29(31(39)41-4)17-21-19-35-28-8-6-5-7-24(21)28/h5-8,11,14,18-19,25-27,29,35,40H,9-10,12-13,15-17,20H2,1-4H3,(H,36,38)/b37-23+/t25-,26+,27-,29+,32-,33+,34+/m1/s1. The maximum Gasteiger partial charge on any atom is 0.328 e. The number of methoxy groups -OCH3 is 1. The molecule has 0 unspecified atom stereocenters. The van der Waals surface area contributed by atoms with E-state index in [-0.39, 0.29) is 17.4 Å². The molecule has 0 spiro atoms. The Bertz CT molecular complexity index is 1470. The number of para-hydroxylation sites is 1. The second kappa shape index (κ2) is 10.7.